The van der Waals surface area contributed by atoms with Gasteiger partial charge in [-0.05, 0) is 49.0 Å². The minimum atomic E-state index is -0.268. The molecule has 0 saturated heterocycles. The van der Waals surface area contributed by atoms with Crippen molar-refractivity contribution >= 4 is 39.1 Å². The highest BCUT2D eigenvalue weighted by molar-refractivity contribution is 9.10. The molecule has 0 atom stereocenters. The number of hydrogen-bond acceptors (Lipinski definition) is 3. The van der Waals surface area contributed by atoms with Gasteiger partial charge in [-0.25, -0.2) is 0 Å². The van der Waals surface area contributed by atoms with Gasteiger partial charge in [0.1, 0.15) is 0 Å². The van der Waals surface area contributed by atoms with Crippen LogP contribution in [0.4, 0.5) is 11.4 Å². The molecular weight excluding hydrogens is 430 g/mol. The summed E-state index contributed by atoms with van der Waals surface area (Å²) in [4.78, 5) is 27.1. The molecule has 0 aromatic heterocycles. The summed E-state index contributed by atoms with van der Waals surface area (Å²) >= 11 is 3.42. The molecule has 0 spiro atoms. The van der Waals surface area contributed by atoms with Crippen molar-refractivity contribution in [2.45, 2.75) is 6.54 Å². The van der Waals surface area contributed by atoms with Crippen LogP contribution in [0.1, 0.15) is 15.9 Å². The Hall–Kier alpha value is -2.96. The first kappa shape index (κ1) is 20.8. The van der Waals surface area contributed by atoms with Gasteiger partial charge in [0.25, 0.3) is 5.91 Å². The lowest BCUT2D eigenvalue weighted by Gasteiger charge is -2.17. The SMILES string of the molecule is CN(CC(=O)Nc1ccccc1C(=O)Nc1ccccc1)Cc1ccc(Br)cc1. The third kappa shape index (κ3) is 6.27. The fraction of sp³-hybridized carbons (Fsp3) is 0.130. The van der Waals surface area contributed by atoms with Crippen LogP contribution < -0.4 is 10.6 Å². The summed E-state index contributed by atoms with van der Waals surface area (Å²) in [5.41, 5.74) is 2.72. The summed E-state index contributed by atoms with van der Waals surface area (Å²) < 4.78 is 1.02. The van der Waals surface area contributed by atoms with Crippen molar-refractivity contribution in [3.63, 3.8) is 0 Å². The molecule has 29 heavy (non-hydrogen) atoms. The molecule has 0 fully saturated rings. The van der Waals surface area contributed by atoms with E-state index in [0.717, 1.165) is 10.0 Å². The lowest BCUT2D eigenvalue weighted by Crippen LogP contribution is -2.30. The average Bonchev–Trinajstić information content (AvgIpc) is 2.70. The van der Waals surface area contributed by atoms with Crippen LogP contribution in [0.5, 0.6) is 0 Å². The number of anilines is 2. The minimum Gasteiger partial charge on any atom is -0.324 e. The number of halogens is 1. The molecule has 3 aromatic rings. The van der Waals surface area contributed by atoms with E-state index in [0.29, 0.717) is 23.5 Å². The lowest BCUT2D eigenvalue weighted by atomic mass is 10.1. The van der Waals surface area contributed by atoms with Crippen molar-refractivity contribution in [3.05, 3.63) is 94.5 Å². The van der Waals surface area contributed by atoms with E-state index in [1.54, 1.807) is 24.3 Å². The highest BCUT2D eigenvalue weighted by Gasteiger charge is 2.14. The zero-order chi connectivity index (χ0) is 20.6. The summed E-state index contributed by atoms with van der Waals surface area (Å²) in [6.07, 6.45) is 0. The van der Waals surface area contributed by atoms with Crippen molar-refractivity contribution in [2.75, 3.05) is 24.2 Å². The monoisotopic (exact) mass is 451 g/mol. The van der Waals surface area contributed by atoms with Gasteiger partial charge >= 0.3 is 0 Å². The van der Waals surface area contributed by atoms with Crippen LogP contribution in [0, 0.1) is 0 Å². The van der Waals surface area contributed by atoms with E-state index in [1.807, 2.05) is 66.5 Å². The zero-order valence-electron chi connectivity index (χ0n) is 16.1. The van der Waals surface area contributed by atoms with Gasteiger partial charge < -0.3 is 10.6 Å². The van der Waals surface area contributed by atoms with Crippen LogP contribution in [0.2, 0.25) is 0 Å². The van der Waals surface area contributed by atoms with E-state index >= 15 is 0 Å². The molecule has 5 nitrogen and oxygen atoms in total. The summed E-state index contributed by atoms with van der Waals surface area (Å²) in [6, 6.07) is 24.2. The Bertz CT molecular complexity index is 975. The topological polar surface area (TPSA) is 61.4 Å². The lowest BCUT2D eigenvalue weighted by molar-refractivity contribution is -0.117. The van der Waals surface area contributed by atoms with Crippen LogP contribution in [0.15, 0.2) is 83.3 Å². The number of likely N-dealkylation sites (N-methyl/N-ethyl adjacent to an activating group) is 1. The van der Waals surface area contributed by atoms with Crippen LogP contribution in [-0.2, 0) is 11.3 Å². The smallest absolute Gasteiger partial charge is 0.257 e. The van der Waals surface area contributed by atoms with E-state index in [-0.39, 0.29) is 18.4 Å². The van der Waals surface area contributed by atoms with Crippen LogP contribution in [0.25, 0.3) is 0 Å². The Morgan fingerprint density at radius 2 is 1.52 bits per heavy atom. The van der Waals surface area contributed by atoms with E-state index in [4.69, 9.17) is 0 Å². The Kier molecular flexibility index (Phi) is 7.16. The van der Waals surface area contributed by atoms with E-state index in [2.05, 4.69) is 26.6 Å². The fourth-order valence-electron chi connectivity index (χ4n) is 2.90. The molecule has 0 aliphatic carbocycles. The standard InChI is InChI=1S/C23H22BrN3O2/c1-27(15-17-11-13-18(24)14-12-17)16-22(28)26-21-10-6-5-9-20(21)23(29)25-19-7-3-2-4-8-19/h2-14H,15-16H2,1H3,(H,25,29)(H,26,28). The number of nitrogens with zero attached hydrogens (tertiary/aromatic N) is 1. The molecule has 3 aromatic carbocycles. The van der Waals surface area contributed by atoms with Gasteiger partial charge in [0.2, 0.25) is 5.91 Å². The van der Waals surface area contributed by atoms with Gasteiger partial charge in [0.15, 0.2) is 0 Å². The molecule has 2 amide bonds. The molecule has 0 radical (unpaired) electrons. The Morgan fingerprint density at radius 1 is 0.862 bits per heavy atom. The molecule has 0 aliphatic rings. The van der Waals surface area contributed by atoms with Crippen LogP contribution >= 0.6 is 15.9 Å². The average molecular weight is 452 g/mol. The molecular formula is C23H22BrN3O2. The van der Waals surface area contributed by atoms with Crippen LogP contribution in [-0.4, -0.2) is 30.3 Å². The Balaban J connectivity index is 1.61. The molecule has 6 heteroatoms. The predicted octanol–water partition coefficient (Wildman–Crippen LogP) is 4.77. The number of amides is 2. The quantitative estimate of drug-likeness (QED) is 0.543. The van der Waals surface area contributed by atoms with E-state index < -0.39 is 0 Å². The highest BCUT2D eigenvalue weighted by atomic mass is 79.9. The summed E-state index contributed by atoms with van der Waals surface area (Å²) in [7, 11) is 1.88. The van der Waals surface area contributed by atoms with Gasteiger partial charge in [-0.3, -0.25) is 14.5 Å². The molecule has 0 unspecified atom stereocenters. The first-order chi connectivity index (χ1) is 14.0. The summed E-state index contributed by atoms with van der Waals surface area (Å²) in [5, 5.41) is 5.70. The molecule has 3 rings (SSSR count). The van der Waals surface area contributed by atoms with Gasteiger partial charge in [-0.15, -0.1) is 0 Å². The van der Waals surface area contributed by atoms with Crippen molar-refractivity contribution < 1.29 is 9.59 Å². The zero-order valence-corrected chi connectivity index (χ0v) is 17.6. The van der Waals surface area contributed by atoms with E-state index in [1.165, 1.54) is 0 Å². The summed E-state index contributed by atoms with van der Waals surface area (Å²) in [6.45, 7) is 0.863. The summed E-state index contributed by atoms with van der Waals surface area (Å²) in [5.74, 6) is -0.445. The maximum absolute atomic E-state index is 12.6. The maximum Gasteiger partial charge on any atom is 0.257 e. The van der Waals surface area contributed by atoms with Gasteiger partial charge in [-0.1, -0.05) is 58.4 Å². The second kappa shape index (κ2) is 10.0. The number of nitrogens with one attached hydrogen (secondary N) is 2. The Morgan fingerprint density at radius 3 is 2.24 bits per heavy atom. The van der Waals surface area contributed by atoms with Crippen molar-refractivity contribution in [1.29, 1.82) is 0 Å². The third-order valence-corrected chi connectivity index (χ3v) is 4.79. The normalized spacial score (nSPS) is 10.6. The number of carbonyl (C=O) groups excluding carboxylic acids is 2. The number of carbonyl (C=O) groups is 2. The molecule has 0 heterocycles. The number of hydrogen-bond donors (Lipinski definition) is 2. The molecule has 148 valence electrons. The maximum atomic E-state index is 12.6. The van der Waals surface area contributed by atoms with Gasteiger partial charge in [0.05, 0.1) is 17.8 Å². The van der Waals surface area contributed by atoms with Gasteiger partial charge in [0, 0.05) is 16.7 Å². The molecule has 0 bridgehead atoms. The van der Waals surface area contributed by atoms with Crippen LogP contribution in [0.3, 0.4) is 0 Å². The number of para-hydroxylation sites is 2. The number of benzene rings is 3. The predicted molar refractivity (Wildman–Crippen MR) is 120 cm³/mol. The minimum absolute atomic E-state index is 0.176. The molecule has 2 N–H and O–H groups in total. The van der Waals surface area contributed by atoms with E-state index in [9.17, 15) is 9.59 Å². The van der Waals surface area contributed by atoms with Crippen molar-refractivity contribution in [2.24, 2.45) is 0 Å². The highest BCUT2D eigenvalue weighted by Crippen LogP contribution is 2.18. The first-order valence-electron chi connectivity index (χ1n) is 9.19. The second-order valence-corrected chi connectivity index (χ2v) is 7.63. The Labute approximate surface area is 178 Å². The van der Waals surface area contributed by atoms with Crippen molar-refractivity contribution in [1.82, 2.24) is 4.90 Å². The van der Waals surface area contributed by atoms with Crippen molar-refractivity contribution in [3.8, 4) is 0 Å². The molecule has 0 aliphatic heterocycles. The second-order valence-electron chi connectivity index (χ2n) is 6.71. The molecule has 0 saturated carbocycles. The fourth-order valence-corrected chi connectivity index (χ4v) is 3.17. The van der Waals surface area contributed by atoms with Gasteiger partial charge in [-0.2, -0.15) is 0 Å². The largest absolute Gasteiger partial charge is 0.324 e. The third-order valence-electron chi connectivity index (χ3n) is 4.26. The first-order valence-corrected chi connectivity index (χ1v) is 9.99. The number of rotatable bonds is 7.